The van der Waals surface area contributed by atoms with Gasteiger partial charge in [0.2, 0.25) is 5.91 Å². The Balaban J connectivity index is 1.31. The topological polar surface area (TPSA) is 38.8 Å². The van der Waals surface area contributed by atoms with Crippen molar-refractivity contribution in [2.45, 2.75) is 51.0 Å². The molecule has 1 aliphatic heterocycles. The summed E-state index contributed by atoms with van der Waals surface area (Å²) < 4.78 is 10.8. The van der Waals surface area contributed by atoms with Crippen LogP contribution in [0.1, 0.15) is 44.1 Å². The van der Waals surface area contributed by atoms with Crippen LogP contribution in [0.25, 0.3) is 0 Å². The molecule has 0 radical (unpaired) electrons. The molecule has 5 aliphatic rings. The van der Waals surface area contributed by atoms with Gasteiger partial charge in [-0.25, -0.2) is 0 Å². The number of amides is 1. The smallest absolute Gasteiger partial charge is 0.226 e. The van der Waals surface area contributed by atoms with Crippen molar-refractivity contribution < 1.29 is 14.3 Å². The lowest BCUT2D eigenvalue weighted by molar-refractivity contribution is -0.141. The van der Waals surface area contributed by atoms with Crippen molar-refractivity contribution in [1.29, 1.82) is 0 Å². The fraction of sp³-hybridized carbons (Fsp3) is 0.696. The molecule has 0 spiro atoms. The quantitative estimate of drug-likeness (QED) is 0.790. The SMILES string of the molecule is COc1cc(CC2CCN(C3C4CC5CC(C4)CC3C5)C2=O)cc(OC)c1. The Morgan fingerprint density at radius 1 is 0.926 bits per heavy atom. The van der Waals surface area contributed by atoms with Gasteiger partial charge < -0.3 is 14.4 Å². The van der Waals surface area contributed by atoms with Crippen LogP contribution in [0.3, 0.4) is 0 Å². The van der Waals surface area contributed by atoms with E-state index in [1.54, 1.807) is 14.2 Å². The fourth-order valence-corrected chi connectivity index (χ4v) is 6.92. The summed E-state index contributed by atoms with van der Waals surface area (Å²) in [6, 6.07) is 6.51. The van der Waals surface area contributed by atoms with Gasteiger partial charge in [-0.2, -0.15) is 0 Å². The summed E-state index contributed by atoms with van der Waals surface area (Å²) in [4.78, 5) is 15.6. The van der Waals surface area contributed by atoms with Gasteiger partial charge in [0.1, 0.15) is 11.5 Å². The van der Waals surface area contributed by atoms with Crippen molar-refractivity contribution >= 4 is 5.91 Å². The van der Waals surface area contributed by atoms with Gasteiger partial charge >= 0.3 is 0 Å². The number of rotatable bonds is 5. The number of likely N-dealkylation sites (tertiary alicyclic amines) is 1. The minimum absolute atomic E-state index is 0.110. The summed E-state index contributed by atoms with van der Waals surface area (Å²) in [5.41, 5.74) is 1.14. The summed E-state index contributed by atoms with van der Waals surface area (Å²) in [7, 11) is 3.35. The summed E-state index contributed by atoms with van der Waals surface area (Å²) in [6.07, 6.45) is 8.74. The molecule has 146 valence electrons. The number of carbonyl (C=O) groups excluding carboxylic acids is 1. The van der Waals surface area contributed by atoms with E-state index in [9.17, 15) is 4.79 Å². The maximum absolute atomic E-state index is 13.3. The molecule has 4 aliphatic carbocycles. The van der Waals surface area contributed by atoms with E-state index < -0.39 is 0 Å². The Hall–Kier alpha value is -1.71. The molecule has 5 fully saturated rings. The lowest BCUT2D eigenvalue weighted by Gasteiger charge is -2.56. The average Bonchev–Trinajstić information content (AvgIpc) is 3.01. The van der Waals surface area contributed by atoms with E-state index in [1.165, 1.54) is 32.1 Å². The third kappa shape index (κ3) is 3.01. The first-order valence-corrected chi connectivity index (χ1v) is 10.7. The van der Waals surface area contributed by atoms with Gasteiger partial charge in [-0.05, 0) is 86.3 Å². The van der Waals surface area contributed by atoms with Crippen LogP contribution in [-0.4, -0.2) is 37.6 Å². The summed E-state index contributed by atoms with van der Waals surface area (Å²) in [5, 5.41) is 0. The third-order valence-corrected chi connectivity index (χ3v) is 7.78. The zero-order valence-electron chi connectivity index (χ0n) is 16.5. The molecule has 27 heavy (non-hydrogen) atoms. The Labute approximate surface area is 162 Å². The molecular formula is C23H31NO3. The van der Waals surface area contributed by atoms with Crippen molar-refractivity contribution in [3.05, 3.63) is 23.8 Å². The first kappa shape index (κ1) is 17.4. The molecular weight excluding hydrogens is 338 g/mol. The molecule has 4 bridgehead atoms. The maximum Gasteiger partial charge on any atom is 0.226 e. The van der Waals surface area contributed by atoms with Gasteiger partial charge in [-0.15, -0.1) is 0 Å². The fourth-order valence-electron chi connectivity index (χ4n) is 6.92. The van der Waals surface area contributed by atoms with Gasteiger partial charge in [0, 0.05) is 24.6 Å². The summed E-state index contributed by atoms with van der Waals surface area (Å²) in [6.45, 7) is 0.956. The summed E-state index contributed by atoms with van der Waals surface area (Å²) >= 11 is 0. The largest absolute Gasteiger partial charge is 0.497 e. The van der Waals surface area contributed by atoms with Crippen molar-refractivity contribution in [3.63, 3.8) is 0 Å². The number of hydrogen-bond donors (Lipinski definition) is 0. The van der Waals surface area contributed by atoms with Crippen LogP contribution >= 0.6 is 0 Å². The van der Waals surface area contributed by atoms with Gasteiger partial charge in [0.15, 0.2) is 0 Å². The minimum atomic E-state index is 0.110. The molecule has 4 saturated carbocycles. The molecule has 1 amide bonds. The van der Waals surface area contributed by atoms with Crippen LogP contribution in [0.15, 0.2) is 18.2 Å². The van der Waals surface area contributed by atoms with Crippen LogP contribution in [0.4, 0.5) is 0 Å². The van der Waals surface area contributed by atoms with E-state index in [0.29, 0.717) is 11.9 Å². The molecule has 1 aromatic rings. The molecule has 1 saturated heterocycles. The number of carbonyl (C=O) groups is 1. The van der Waals surface area contributed by atoms with Gasteiger partial charge in [0.05, 0.1) is 14.2 Å². The number of methoxy groups -OCH3 is 2. The van der Waals surface area contributed by atoms with Crippen molar-refractivity contribution in [1.82, 2.24) is 4.90 Å². The molecule has 0 N–H and O–H groups in total. The first-order chi connectivity index (χ1) is 13.1. The van der Waals surface area contributed by atoms with Crippen LogP contribution < -0.4 is 9.47 Å². The second-order valence-electron chi connectivity index (χ2n) is 9.36. The predicted molar refractivity (Wildman–Crippen MR) is 104 cm³/mol. The molecule has 4 nitrogen and oxygen atoms in total. The average molecular weight is 370 g/mol. The molecule has 6 rings (SSSR count). The predicted octanol–water partition coefficient (Wildman–Crippen LogP) is 3.92. The zero-order valence-corrected chi connectivity index (χ0v) is 16.5. The van der Waals surface area contributed by atoms with Crippen LogP contribution in [0.5, 0.6) is 11.5 Å². The molecule has 1 heterocycles. The van der Waals surface area contributed by atoms with Crippen molar-refractivity contribution in [2.75, 3.05) is 20.8 Å². The highest BCUT2D eigenvalue weighted by Gasteiger charge is 2.52. The highest BCUT2D eigenvalue weighted by Crippen LogP contribution is 2.55. The lowest BCUT2D eigenvalue weighted by atomic mass is 9.54. The molecule has 1 atom stereocenters. The van der Waals surface area contributed by atoms with E-state index in [0.717, 1.165) is 60.1 Å². The van der Waals surface area contributed by atoms with E-state index in [-0.39, 0.29) is 5.92 Å². The second-order valence-corrected chi connectivity index (χ2v) is 9.36. The number of hydrogen-bond acceptors (Lipinski definition) is 3. The molecule has 1 aromatic carbocycles. The van der Waals surface area contributed by atoms with Gasteiger partial charge in [-0.1, -0.05) is 0 Å². The maximum atomic E-state index is 13.3. The molecule has 4 heteroatoms. The monoisotopic (exact) mass is 369 g/mol. The van der Waals surface area contributed by atoms with Crippen LogP contribution in [0, 0.1) is 29.6 Å². The molecule has 0 aromatic heterocycles. The Bertz CT molecular complexity index is 680. The number of ether oxygens (including phenoxy) is 2. The van der Waals surface area contributed by atoms with Crippen LogP contribution in [0.2, 0.25) is 0 Å². The van der Waals surface area contributed by atoms with E-state index >= 15 is 0 Å². The number of nitrogens with zero attached hydrogens (tertiary/aromatic N) is 1. The molecule has 1 unspecified atom stereocenters. The minimum Gasteiger partial charge on any atom is -0.497 e. The first-order valence-electron chi connectivity index (χ1n) is 10.7. The van der Waals surface area contributed by atoms with E-state index in [4.69, 9.17) is 9.47 Å². The standard InChI is InChI=1S/C23H31NO3/c1-26-20-11-16(12-21(13-20)27-2)6-17-3-4-24(23(17)25)22-18-7-14-5-15(9-18)10-19(22)8-14/h11-15,17-19,22H,3-10H2,1-2H3. The summed E-state index contributed by atoms with van der Waals surface area (Å²) in [5.74, 6) is 5.58. The van der Waals surface area contributed by atoms with Crippen molar-refractivity contribution in [2.24, 2.45) is 29.6 Å². The van der Waals surface area contributed by atoms with E-state index in [2.05, 4.69) is 4.90 Å². The highest BCUT2D eigenvalue weighted by atomic mass is 16.5. The zero-order chi connectivity index (χ0) is 18.5. The van der Waals surface area contributed by atoms with Crippen molar-refractivity contribution in [3.8, 4) is 11.5 Å². The Morgan fingerprint density at radius 2 is 1.52 bits per heavy atom. The third-order valence-electron chi connectivity index (χ3n) is 7.78. The number of benzene rings is 1. The Kier molecular flexibility index (Phi) is 4.33. The van der Waals surface area contributed by atoms with Crippen LogP contribution in [-0.2, 0) is 11.2 Å². The second kappa shape index (κ2) is 6.72. The van der Waals surface area contributed by atoms with Gasteiger partial charge in [-0.3, -0.25) is 4.79 Å². The van der Waals surface area contributed by atoms with Gasteiger partial charge in [0.25, 0.3) is 0 Å². The lowest BCUT2D eigenvalue weighted by Crippen LogP contribution is -2.56. The van der Waals surface area contributed by atoms with E-state index in [1.807, 2.05) is 18.2 Å². The highest BCUT2D eigenvalue weighted by molar-refractivity contribution is 5.81. The Morgan fingerprint density at radius 3 is 2.07 bits per heavy atom. The normalized spacial score (nSPS) is 37.1.